The Kier molecular flexibility index (Phi) is 4.38. The highest BCUT2D eigenvalue weighted by molar-refractivity contribution is 7.88. The first-order valence-corrected chi connectivity index (χ1v) is 8.58. The standard InChI is InChI=1S/C15H21N3O2S/c1-15(2)11-18(7-6-14(15)17)21(19,20)10-13-5-3-4-12(8-13)9-16/h3-5,8,14H,6-7,10-11,17H2,1-2H3. The molecular weight excluding hydrogens is 286 g/mol. The lowest BCUT2D eigenvalue weighted by Crippen LogP contribution is -2.54. The molecule has 2 N–H and O–H groups in total. The van der Waals surface area contributed by atoms with Crippen LogP contribution in [0.15, 0.2) is 24.3 Å². The molecule has 0 bridgehead atoms. The van der Waals surface area contributed by atoms with Gasteiger partial charge in [0.05, 0.1) is 17.4 Å². The highest BCUT2D eigenvalue weighted by atomic mass is 32.2. The van der Waals surface area contributed by atoms with Crippen LogP contribution in [0.5, 0.6) is 0 Å². The molecule has 2 rings (SSSR count). The minimum atomic E-state index is -3.39. The Morgan fingerprint density at radius 3 is 2.81 bits per heavy atom. The summed E-state index contributed by atoms with van der Waals surface area (Å²) in [5.41, 5.74) is 6.94. The third kappa shape index (κ3) is 3.62. The quantitative estimate of drug-likeness (QED) is 0.915. The Morgan fingerprint density at radius 2 is 2.19 bits per heavy atom. The molecule has 21 heavy (non-hydrogen) atoms. The molecule has 1 atom stereocenters. The van der Waals surface area contributed by atoms with Crippen LogP contribution in [0.1, 0.15) is 31.4 Å². The first-order chi connectivity index (χ1) is 9.74. The van der Waals surface area contributed by atoms with Crippen LogP contribution < -0.4 is 5.73 Å². The van der Waals surface area contributed by atoms with Crippen molar-refractivity contribution in [2.45, 2.75) is 32.1 Å². The number of hydrogen-bond acceptors (Lipinski definition) is 4. The van der Waals surface area contributed by atoms with Gasteiger partial charge in [0.15, 0.2) is 0 Å². The predicted molar refractivity (Wildman–Crippen MR) is 81.7 cm³/mol. The fraction of sp³-hybridized carbons (Fsp3) is 0.533. The summed E-state index contributed by atoms with van der Waals surface area (Å²) in [5, 5.41) is 8.88. The van der Waals surface area contributed by atoms with Crippen LogP contribution in [0.2, 0.25) is 0 Å². The molecule has 114 valence electrons. The van der Waals surface area contributed by atoms with Gasteiger partial charge in [0.1, 0.15) is 0 Å². The zero-order chi connectivity index (χ0) is 15.7. The molecule has 6 heteroatoms. The first-order valence-electron chi connectivity index (χ1n) is 6.97. The molecule has 1 unspecified atom stereocenters. The molecule has 0 aromatic heterocycles. The third-order valence-electron chi connectivity index (χ3n) is 4.08. The number of hydrogen-bond donors (Lipinski definition) is 1. The van der Waals surface area contributed by atoms with E-state index in [0.29, 0.717) is 30.6 Å². The molecule has 0 spiro atoms. The Bertz CT molecular complexity index is 662. The van der Waals surface area contributed by atoms with E-state index in [-0.39, 0.29) is 17.2 Å². The van der Waals surface area contributed by atoms with Gasteiger partial charge in [-0.25, -0.2) is 12.7 Å². The van der Waals surface area contributed by atoms with E-state index >= 15 is 0 Å². The van der Waals surface area contributed by atoms with Crippen LogP contribution in [0.25, 0.3) is 0 Å². The third-order valence-corrected chi connectivity index (χ3v) is 5.87. The normalized spacial score (nSPS) is 22.7. The van der Waals surface area contributed by atoms with E-state index in [0.717, 1.165) is 0 Å². The largest absolute Gasteiger partial charge is 0.327 e. The number of nitrogens with zero attached hydrogens (tertiary/aromatic N) is 2. The van der Waals surface area contributed by atoms with Crippen molar-refractivity contribution in [3.05, 3.63) is 35.4 Å². The number of rotatable bonds is 3. The van der Waals surface area contributed by atoms with Gasteiger partial charge in [0.25, 0.3) is 0 Å². The van der Waals surface area contributed by atoms with Gasteiger partial charge in [-0.15, -0.1) is 0 Å². The fourth-order valence-corrected chi connectivity index (χ4v) is 4.29. The smallest absolute Gasteiger partial charge is 0.218 e. The summed E-state index contributed by atoms with van der Waals surface area (Å²) in [6.45, 7) is 4.89. The fourth-order valence-electron chi connectivity index (χ4n) is 2.59. The molecule has 1 fully saturated rings. The van der Waals surface area contributed by atoms with Crippen molar-refractivity contribution in [1.82, 2.24) is 4.31 Å². The van der Waals surface area contributed by atoms with Crippen molar-refractivity contribution >= 4 is 10.0 Å². The van der Waals surface area contributed by atoms with Crippen LogP contribution in [0.4, 0.5) is 0 Å². The lowest BCUT2D eigenvalue weighted by Gasteiger charge is -2.41. The van der Waals surface area contributed by atoms with E-state index < -0.39 is 10.0 Å². The molecule has 1 saturated heterocycles. The molecule has 0 amide bonds. The number of sulfonamides is 1. The number of benzene rings is 1. The average Bonchev–Trinajstić information content (AvgIpc) is 2.41. The van der Waals surface area contributed by atoms with E-state index in [2.05, 4.69) is 0 Å². The molecule has 5 nitrogen and oxygen atoms in total. The van der Waals surface area contributed by atoms with Crippen molar-refractivity contribution in [1.29, 1.82) is 5.26 Å². The summed E-state index contributed by atoms with van der Waals surface area (Å²) in [7, 11) is -3.39. The summed E-state index contributed by atoms with van der Waals surface area (Å²) >= 11 is 0. The van der Waals surface area contributed by atoms with Crippen molar-refractivity contribution in [3.63, 3.8) is 0 Å². The maximum atomic E-state index is 12.6. The van der Waals surface area contributed by atoms with Crippen LogP contribution in [-0.4, -0.2) is 31.9 Å². The van der Waals surface area contributed by atoms with Gasteiger partial charge in [0.2, 0.25) is 10.0 Å². The van der Waals surface area contributed by atoms with E-state index in [1.165, 1.54) is 4.31 Å². The van der Waals surface area contributed by atoms with Gasteiger partial charge < -0.3 is 5.73 Å². The lowest BCUT2D eigenvalue weighted by atomic mass is 9.81. The van der Waals surface area contributed by atoms with Gasteiger partial charge in [-0.2, -0.15) is 5.26 Å². The maximum absolute atomic E-state index is 12.6. The molecule has 0 radical (unpaired) electrons. The zero-order valence-electron chi connectivity index (χ0n) is 12.4. The van der Waals surface area contributed by atoms with Gasteiger partial charge in [-0.3, -0.25) is 0 Å². The molecule has 0 aliphatic carbocycles. The lowest BCUT2D eigenvalue weighted by molar-refractivity contribution is 0.155. The van der Waals surface area contributed by atoms with E-state index in [1.807, 2.05) is 19.9 Å². The van der Waals surface area contributed by atoms with E-state index in [9.17, 15) is 8.42 Å². The van der Waals surface area contributed by atoms with Crippen LogP contribution in [0.3, 0.4) is 0 Å². The second-order valence-electron chi connectivity index (χ2n) is 6.29. The van der Waals surface area contributed by atoms with Gasteiger partial charge >= 0.3 is 0 Å². The van der Waals surface area contributed by atoms with E-state index in [1.54, 1.807) is 24.3 Å². The van der Waals surface area contributed by atoms with Crippen LogP contribution in [-0.2, 0) is 15.8 Å². The van der Waals surface area contributed by atoms with Crippen LogP contribution >= 0.6 is 0 Å². The highest BCUT2D eigenvalue weighted by Crippen LogP contribution is 2.30. The Morgan fingerprint density at radius 1 is 1.48 bits per heavy atom. The second-order valence-corrected chi connectivity index (χ2v) is 8.25. The van der Waals surface area contributed by atoms with Crippen molar-refractivity contribution in [3.8, 4) is 6.07 Å². The molecule has 1 aromatic carbocycles. The summed E-state index contributed by atoms with van der Waals surface area (Å²) in [4.78, 5) is 0. The highest BCUT2D eigenvalue weighted by Gasteiger charge is 2.38. The molecular formula is C15H21N3O2S. The summed E-state index contributed by atoms with van der Waals surface area (Å²) in [5.74, 6) is -0.0756. The SMILES string of the molecule is CC1(C)CN(S(=O)(=O)Cc2cccc(C#N)c2)CCC1N. The molecule has 1 aliphatic heterocycles. The minimum Gasteiger partial charge on any atom is -0.327 e. The van der Waals surface area contributed by atoms with E-state index in [4.69, 9.17) is 11.0 Å². The molecule has 0 saturated carbocycles. The van der Waals surface area contributed by atoms with Gasteiger partial charge in [-0.05, 0) is 29.5 Å². The minimum absolute atomic E-state index is 0.0193. The topological polar surface area (TPSA) is 87.2 Å². The van der Waals surface area contributed by atoms with Crippen molar-refractivity contribution in [2.75, 3.05) is 13.1 Å². The Balaban J connectivity index is 2.17. The number of nitriles is 1. The molecule has 1 aliphatic rings. The van der Waals surface area contributed by atoms with Crippen molar-refractivity contribution in [2.24, 2.45) is 11.1 Å². The number of nitrogens with two attached hydrogens (primary N) is 1. The monoisotopic (exact) mass is 307 g/mol. The number of piperidine rings is 1. The summed E-state index contributed by atoms with van der Waals surface area (Å²) in [6, 6.07) is 8.78. The zero-order valence-corrected chi connectivity index (χ0v) is 13.2. The molecule has 1 aromatic rings. The van der Waals surface area contributed by atoms with Crippen LogP contribution in [0, 0.1) is 16.7 Å². The summed E-state index contributed by atoms with van der Waals surface area (Å²) < 4.78 is 26.6. The Hall–Kier alpha value is -1.42. The van der Waals surface area contributed by atoms with Crippen molar-refractivity contribution < 1.29 is 8.42 Å². The maximum Gasteiger partial charge on any atom is 0.218 e. The predicted octanol–water partition coefficient (Wildman–Crippen LogP) is 1.45. The van der Waals surface area contributed by atoms with Gasteiger partial charge in [-0.1, -0.05) is 26.0 Å². The summed E-state index contributed by atoms with van der Waals surface area (Å²) in [6.07, 6.45) is 0.671. The average molecular weight is 307 g/mol. The molecule has 1 heterocycles. The Labute approximate surface area is 126 Å². The first kappa shape index (κ1) is 16.0. The second kappa shape index (κ2) is 5.76. The van der Waals surface area contributed by atoms with Gasteiger partial charge in [0, 0.05) is 19.1 Å².